The van der Waals surface area contributed by atoms with Gasteiger partial charge in [-0.25, -0.2) is 9.50 Å². The molecule has 0 radical (unpaired) electrons. The lowest BCUT2D eigenvalue weighted by Gasteiger charge is -2.24. The van der Waals surface area contributed by atoms with E-state index in [9.17, 15) is 4.79 Å². The predicted octanol–water partition coefficient (Wildman–Crippen LogP) is 3.11. The van der Waals surface area contributed by atoms with Gasteiger partial charge in [-0.1, -0.05) is 6.07 Å². The number of aryl methyl sites for hydroxylation is 1. The van der Waals surface area contributed by atoms with Gasteiger partial charge in [-0.05, 0) is 36.6 Å². The van der Waals surface area contributed by atoms with Crippen LogP contribution in [-0.2, 0) is 6.54 Å². The van der Waals surface area contributed by atoms with Crippen molar-refractivity contribution in [2.75, 3.05) is 18.1 Å². The number of ether oxygens (including phenoxy) is 2. The third kappa shape index (κ3) is 3.29. The van der Waals surface area contributed by atoms with Crippen molar-refractivity contribution in [2.45, 2.75) is 13.5 Å². The van der Waals surface area contributed by atoms with Crippen LogP contribution < -0.4 is 14.4 Å². The summed E-state index contributed by atoms with van der Waals surface area (Å²) in [4.78, 5) is 24.6. The van der Waals surface area contributed by atoms with E-state index < -0.39 is 0 Å². The Balaban J connectivity index is 1.56. The fourth-order valence-corrected chi connectivity index (χ4v) is 3.85. The minimum absolute atomic E-state index is 0.0956. The largest absolute Gasteiger partial charge is 0.486 e. The second kappa shape index (κ2) is 7.17. The lowest BCUT2D eigenvalue weighted by atomic mass is 10.2. The molecule has 0 spiro atoms. The highest BCUT2D eigenvalue weighted by Crippen LogP contribution is 2.35. The smallest absolute Gasteiger partial charge is 0.298 e. The first-order chi connectivity index (χ1) is 14.2. The van der Waals surface area contributed by atoms with Crippen molar-refractivity contribution in [1.29, 1.82) is 0 Å². The summed E-state index contributed by atoms with van der Waals surface area (Å²) in [5, 5.41) is 6.36. The number of hydrogen-bond acceptors (Lipinski definition) is 7. The number of benzene rings is 1. The molecule has 0 saturated heterocycles. The Morgan fingerprint density at radius 3 is 2.86 bits per heavy atom. The molecule has 0 atom stereocenters. The molecule has 29 heavy (non-hydrogen) atoms. The molecule has 9 heteroatoms. The number of carbonyl (C=O) groups is 1. The zero-order valence-corrected chi connectivity index (χ0v) is 16.4. The van der Waals surface area contributed by atoms with Crippen molar-refractivity contribution >= 4 is 28.7 Å². The number of fused-ring (bicyclic) bond motifs is 2. The molecule has 5 rings (SSSR count). The Kier molecular flexibility index (Phi) is 4.36. The number of nitrogens with zero attached hydrogens (tertiary/aromatic N) is 5. The van der Waals surface area contributed by atoms with E-state index in [0.29, 0.717) is 42.7 Å². The van der Waals surface area contributed by atoms with Crippen LogP contribution in [0.15, 0.2) is 48.0 Å². The maximum atomic E-state index is 13.4. The summed E-state index contributed by atoms with van der Waals surface area (Å²) in [6, 6.07) is 11.3. The molecule has 0 N–H and O–H groups in total. The Hall–Kier alpha value is -3.46. The van der Waals surface area contributed by atoms with Crippen LogP contribution in [0.25, 0.3) is 5.78 Å². The lowest BCUT2D eigenvalue weighted by molar-refractivity contribution is 0.0975. The van der Waals surface area contributed by atoms with Crippen LogP contribution in [0.3, 0.4) is 0 Å². The maximum absolute atomic E-state index is 13.4. The fraction of sp³-hybridized carbons (Fsp3) is 0.200. The van der Waals surface area contributed by atoms with Gasteiger partial charge in [-0.2, -0.15) is 4.98 Å². The molecule has 3 aromatic heterocycles. The zero-order chi connectivity index (χ0) is 19.8. The Bertz CT molecular complexity index is 1190. The van der Waals surface area contributed by atoms with Gasteiger partial charge in [-0.3, -0.25) is 4.79 Å². The molecular formula is C20H17N5O3S. The van der Waals surface area contributed by atoms with Crippen molar-refractivity contribution in [3.8, 4) is 11.5 Å². The Morgan fingerprint density at radius 2 is 2.07 bits per heavy atom. The van der Waals surface area contributed by atoms with Crippen LogP contribution in [0.2, 0.25) is 0 Å². The third-order valence-corrected chi connectivity index (χ3v) is 5.46. The minimum Gasteiger partial charge on any atom is -0.486 e. The van der Waals surface area contributed by atoms with E-state index in [2.05, 4.69) is 15.1 Å². The van der Waals surface area contributed by atoms with Gasteiger partial charge in [0.25, 0.3) is 11.7 Å². The molecule has 1 amide bonds. The van der Waals surface area contributed by atoms with Crippen molar-refractivity contribution in [3.63, 3.8) is 0 Å². The average molecular weight is 407 g/mol. The SMILES string of the molecule is Cc1ccnc2nc(C(=O)N(Cc3cccs3)c3ccc4c(c3)OCCO4)nn12. The molecule has 1 aromatic carbocycles. The summed E-state index contributed by atoms with van der Waals surface area (Å²) in [6.07, 6.45) is 1.65. The number of aromatic nitrogens is 4. The molecule has 0 aliphatic carbocycles. The topological polar surface area (TPSA) is 81.9 Å². The van der Waals surface area contributed by atoms with Crippen LogP contribution in [-0.4, -0.2) is 38.7 Å². The van der Waals surface area contributed by atoms with E-state index in [1.165, 1.54) is 0 Å². The quantitative estimate of drug-likeness (QED) is 0.517. The van der Waals surface area contributed by atoms with Gasteiger partial charge in [-0.15, -0.1) is 16.4 Å². The minimum atomic E-state index is -0.306. The predicted molar refractivity (Wildman–Crippen MR) is 108 cm³/mol. The van der Waals surface area contributed by atoms with Crippen molar-refractivity contribution in [2.24, 2.45) is 0 Å². The van der Waals surface area contributed by atoms with Gasteiger partial charge in [0.1, 0.15) is 13.2 Å². The summed E-state index contributed by atoms with van der Waals surface area (Å²) in [6.45, 7) is 3.29. The first-order valence-electron chi connectivity index (χ1n) is 9.11. The fourth-order valence-electron chi connectivity index (χ4n) is 3.16. The molecule has 0 bridgehead atoms. The van der Waals surface area contributed by atoms with Crippen molar-refractivity contribution in [1.82, 2.24) is 19.6 Å². The molecule has 0 unspecified atom stereocenters. The molecule has 146 valence electrons. The second-order valence-electron chi connectivity index (χ2n) is 6.53. The van der Waals surface area contributed by atoms with Crippen LogP contribution in [0.5, 0.6) is 11.5 Å². The van der Waals surface area contributed by atoms with Gasteiger partial charge < -0.3 is 14.4 Å². The molecule has 0 fully saturated rings. The van der Waals surface area contributed by atoms with E-state index in [1.807, 2.05) is 48.7 Å². The molecule has 1 aliphatic heterocycles. The molecule has 8 nitrogen and oxygen atoms in total. The van der Waals surface area contributed by atoms with Crippen LogP contribution in [0.4, 0.5) is 5.69 Å². The number of rotatable bonds is 4. The molecular weight excluding hydrogens is 390 g/mol. The number of amides is 1. The first-order valence-corrected chi connectivity index (χ1v) is 9.99. The number of carbonyl (C=O) groups excluding carboxylic acids is 1. The van der Waals surface area contributed by atoms with E-state index in [-0.39, 0.29) is 11.7 Å². The standard InChI is InChI=1S/C20H17N5O3S/c1-13-6-7-21-20-22-18(23-25(13)20)19(26)24(12-15-3-2-10-29-15)14-4-5-16-17(11-14)28-9-8-27-16/h2-7,10-11H,8-9,12H2,1H3. The monoisotopic (exact) mass is 407 g/mol. The van der Waals surface area contributed by atoms with Crippen LogP contribution in [0, 0.1) is 6.92 Å². The van der Waals surface area contributed by atoms with E-state index in [1.54, 1.807) is 26.9 Å². The molecule has 1 aliphatic rings. The highest BCUT2D eigenvalue weighted by Gasteiger charge is 2.25. The molecule has 4 aromatic rings. The summed E-state index contributed by atoms with van der Waals surface area (Å²) in [5.41, 5.74) is 1.54. The number of hydrogen-bond donors (Lipinski definition) is 0. The van der Waals surface area contributed by atoms with Gasteiger partial charge in [0, 0.05) is 28.5 Å². The highest BCUT2D eigenvalue weighted by atomic mass is 32.1. The number of anilines is 1. The number of thiophene rings is 1. The average Bonchev–Trinajstić information content (AvgIpc) is 3.42. The van der Waals surface area contributed by atoms with E-state index in [0.717, 1.165) is 10.6 Å². The zero-order valence-electron chi connectivity index (χ0n) is 15.6. The van der Waals surface area contributed by atoms with Gasteiger partial charge in [0.2, 0.25) is 5.82 Å². The van der Waals surface area contributed by atoms with Crippen LogP contribution >= 0.6 is 11.3 Å². The van der Waals surface area contributed by atoms with E-state index in [4.69, 9.17) is 9.47 Å². The van der Waals surface area contributed by atoms with E-state index >= 15 is 0 Å². The highest BCUT2D eigenvalue weighted by molar-refractivity contribution is 7.09. The summed E-state index contributed by atoms with van der Waals surface area (Å²) in [7, 11) is 0. The van der Waals surface area contributed by atoms with Gasteiger partial charge in [0.05, 0.1) is 6.54 Å². The Morgan fingerprint density at radius 1 is 1.21 bits per heavy atom. The van der Waals surface area contributed by atoms with Crippen molar-refractivity contribution in [3.05, 3.63) is 64.4 Å². The first kappa shape index (κ1) is 17.6. The van der Waals surface area contributed by atoms with Crippen molar-refractivity contribution < 1.29 is 14.3 Å². The summed E-state index contributed by atoms with van der Waals surface area (Å²) < 4.78 is 12.9. The van der Waals surface area contributed by atoms with Gasteiger partial charge in [0.15, 0.2) is 11.5 Å². The molecule has 4 heterocycles. The van der Waals surface area contributed by atoms with Crippen LogP contribution in [0.1, 0.15) is 21.2 Å². The summed E-state index contributed by atoms with van der Waals surface area (Å²) >= 11 is 1.59. The normalized spacial score (nSPS) is 12.9. The van der Waals surface area contributed by atoms with Gasteiger partial charge >= 0.3 is 0 Å². The Labute approximate surface area is 170 Å². The lowest BCUT2D eigenvalue weighted by Crippen LogP contribution is -2.31. The molecule has 0 saturated carbocycles. The maximum Gasteiger partial charge on any atom is 0.298 e. The second-order valence-corrected chi connectivity index (χ2v) is 7.56. The third-order valence-electron chi connectivity index (χ3n) is 4.60. The summed E-state index contributed by atoms with van der Waals surface area (Å²) in [5.74, 6) is 1.48.